The van der Waals surface area contributed by atoms with E-state index >= 15 is 0 Å². The van der Waals surface area contributed by atoms with E-state index in [9.17, 15) is 9.90 Å². The number of nitrogens with one attached hydrogen (secondary N) is 1. The molecule has 0 radical (unpaired) electrons. The number of ether oxygens (including phenoxy) is 2. The number of H-pyrrole nitrogens is 1. The monoisotopic (exact) mass is 285 g/mol. The van der Waals surface area contributed by atoms with Crippen molar-refractivity contribution in [3.05, 3.63) is 40.6 Å². The van der Waals surface area contributed by atoms with Gasteiger partial charge in [-0.1, -0.05) is 0 Å². The molecule has 2 aromatic carbocycles. The van der Waals surface area contributed by atoms with E-state index in [-0.39, 0.29) is 16.6 Å². The molecule has 0 saturated heterocycles. The van der Waals surface area contributed by atoms with Gasteiger partial charge in [0, 0.05) is 17.5 Å². The fourth-order valence-corrected chi connectivity index (χ4v) is 2.41. The van der Waals surface area contributed by atoms with Crippen molar-refractivity contribution in [3.8, 4) is 17.2 Å². The summed E-state index contributed by atoms with van der Waals surface area (Å²) in [6.07, 6.45) is 0. The Balaban J connectivity index is 2.38. The van der Waals surface area contributed by atoms with Gasteiger partial charge in [0.25, 0.3) is 0 Å². The van der Waals surface area contributed by atoms with Crippen molar-refractivity contribution in [2.45, 2.75) is 6.92 Å². The number of hydrogen-bond donors (Lipinski definition) is 2. The lowest BCUT2D eigenvalue weighted by molar-refractivity contribution is 0.340. The van der Waals surface area contributed by atoms with Crippen LogP contribution in [0, 0.1) is 0 Å². The first-order valence-electron chi connectivity index (χ1n) is 6.63. The number of aromatic nitrogens is 1. The maximum absolute atomic E-state index is 12.6. The van der Waals surface area contributed by atoms with E-state index in [1.807, 2.05) is 6.92 Å². The zero-order valence-electron chi connectivity index (χ0n) is 11.8. The minimum atomic E-state index is -0.236. The van der Waals surface area contributed by atoms with Crippen LogP contribution in [0.15, 0.2) is 35.1 Å². The second-order valence-corrected chi connectivity index (χ2v) is 4.66. The van der Waals surface area contributed by atoms with Crippen LogP contribution in [-0.2, 0) is 0 Å². The highest BCUT2D eigenvalue weighted by atomic mass is 16.5. The minimum Gasteiger partial charge on any atom is -0.507 e. The van der Waals surface area contributed by atoms with Crippen molar-refractivity contribution in [3.63, 3.8) is 0 Å². The Labute approximate surface area is 120 Å². The normalized spacial score (nSPS) is 11.0. The van der Waals surface area contributed by atoms with Gasteiger partial charge in [0.15, 0.2) is 0 Å². The molecule has 21 heavy (non-hydrogen) atoms. The summed E-state index contributed by atoms with van der Waals surface area (Å²) in [5.41, 5.74) is 0.984. The van der Waals surface area contributed by atoms with Gasteiger partial charge in [0.2, 0.25) is 5.43 Å². The molecule has 0 aliphatic carbocycles. The van der Waals surface area contributed by atoms with Gasteiger partial charge < -0.3 is 19.6 Å². The molecular formula is C16H15NO4. The zero-order valence-corrected chi connectivity index (χ0v) is 11.8. The summed E-state index contributed by atoms with van der Waals surface area (Å²) in [7, 11) is 1.51. The molecule has 0 saturated carbocycles. The van der Waals surface area contributed by atoms with Crippen LogP contribution in [0.5, 0.6) is 17.2 Å². The van der Waals surface area contributed by atoms with Gasteiger partial charge in [-0.05, 0) is 25.1 Å². The molecular weight excluding hydrogens is 270 g/mol. The molecule has 108 valence electrons. The summed E-state index contributed by atoms with van der Waals surface area (Å²) in [4.78, 5) is 15.7. The summed E-state index contributed by atoms with van der Waals surface area (Å²) in [6.45, 7) is 2.41. The number of methoxy groups -OCH3 is 1. The van der Waals surface area contributed by atoms with E-state index in [1.165, 1.54) is 13.2 Å². The maximum atomic E-state index is 12.6. The SMILES string of the molecule is CCOc1ccc2[nH]c3cc(OC)cc(O)c3c(=O)c2c1. The maximum Gasteiger partial charge on any atom is 0.201 e. The number of rotatable bonds is 3. The van der Waals surface area contributed by atoms with E-state index in [0.717, 1.165) is 0 Å². The second-order valence-electron chi connectivity index (χ2n) is 4.66. The molecule has 0 fully saturated rings. The molecule has 0 aliphatic heterocycles. The number of hydrogen-bond acceptors (Lipinski definition) is 4. The number of phenolic OH excluding ortho intramolecular Hbond substituents is 1. The van der Waals surface area contributed by atoms with Crippen molar-refractivity contribution in [2.75, 3.05) is 13.7 Å². The first-order chi connectivity index (χ1) is 10.1. The predicted molar refractivity (Wildman–Crippen MR) is 81.5 cm³/mol. The molecule has 0 aliphatic rings. The van der Waals surface area contributed by atoms with Crippen LogP contribution in [0.1, 0.15) is 6.92 Å². The van der Waals surface area contributed by atoms with Crippen molar-refractivity contribution < 1.29 is 14.6 Å². The van der Waals surface area contributed by atoms with E-state index in [2.05, 4.69) is 4.98 Å². The number of aromatic hydroxyl groups is 1. The summed E-state index contributed by atoms with van der Waals surface area (Å²) in [5, 5.41) is 10.8. The number of benzene rings is 2. The van der Waals surface area contributed by atoms with E-state index < -0.39 is 0 Å². The highest BCUT2D eigenvalue weighted by Gasteiger charge is 2.12. The molecule has 5 heteroatoms. The zero-order chi connectivity index (χ0) is 15.0. The van der Waals surface area contributed by atoms with Crippen molar-refractivity contribution in [1.82, 2.24) is 4.98 Å². The average molecular weight is 285 g/mol. The standard InChI is InChI=1S/C16H15NO4/c1-3-21-9-4-5-12-11(6-9)16(19)15-13(17-12)7-10(20-2)8-14(15)18/h4-8,18H,3H2,1-2H3,(H,17,19). The molecule has 0 spiro atoms. The first-order valence-corrected chi connectivity index (χ1v) is 6.63. The number of fused-ring (bicyclic) bond motifs is 2. The molecule has 2 N–H and O–H groups in total. The third kappa shape index (κ3) is 2.16. The number of pyridine rings is 1. The smallest absolute Gasteiger partial charge is 0.201 e. The lowest BCUT2D eigenvalue weighted by Crippen LogP contribution is -2.05. The van der Waals surface area contributed by atoms with Crippen LogP contribution in [0.3, 0.4) is 0 Å². The highest BCUT2D eigenvalue weighted by Crippen LogP contribution is 2.29. The summed E-state index contributed by atoms with van der Waals surface area (Å²) >= 11 is 0. The lowest BCUT2D eigenvalue weighted by Gasteiger charge is -2.08. The molecule has 0 bridgehead atoms. The van der Waals surface area contributed by atoms with E-state index in [4.69, 9.17) is 9.47 Å². The molecule has 3 rings (SSSR count). The van der Waals surface area contributed by atoms with Crippen LogP contribution in [0.25, 0.3) is 21.8 Å². The van der Waals surface area contributed by atoms with Crippen LogP contribution in [0.4, 0.5) is 0 Å². The van der Waals surface area contributed by atoms with Gasteiger partial charge in [-0.3, -0.25) is 4.79 Å². The van der Waals surface area contributed by atoms with Gasteiger partial charge in [-0.15, -0.1) is 0 Å². The summed E-state index contributed by atoms with van der Waals surface area (Å²) in [5.74, 6) is 1.01. The van der Waals surface area contributed by atoms with Gasteiger partial charge in [-0.2, -0.15) is 0 Å². The van der Waals surface area contributed by atoms with Crippen LogP contribution in [-0.4, -0.2) is 23.8 Å². The molecule has 0 atom stereocenters. The van der Waals surface area contributed by atoms with Gasteiger partial charge in [-0.25, -0.2) is 0 Å². The molecule has 5 nitrogen and oxygen atoms in total. The van der Waals surface area contributed by atoms with Gasteiger partial charge in [0.1, 0.15) is 17.2 Å². The Bertz CT molecular complexity index is 883. The second kappa shape index (κ2) is 5.01. The Morgan fingerprint density at radius 1 is 1.14 bits per heavy atom. The van der Waals surface area contributed by atoms with Crippen molar-refractivity contribution >= 4 is 21.8 Å². The third-order valence-electron chi connectivity index (χ3n) is 3.37. The molecule has 0 unspecified atom stereocenters. The van der Waals surface area contributed by atoms with Crippen LogP contribution in [0.2, 0.25) is 0 Å². The van der Waals surface area contributed by atoms with Crippen LogP contribution < -0.4 is 14.9 Å². The number of phenols is 1. The fourth-order valence-electron chi connectivity index (χ4n) is 2.41. The van der Waals surface area contributed by atoms with E-state index in [1.54, 1.807) is 24.3 Å². The highest BCUT2D eigenvalue weighted by molar-refractivity contribution is 5.96. The summed E-state index contributed by atoms with van der Waals surface area (Å²) in [6, 6.07) is 8.38. The Kier molecular flexibility index (Phi) is 3.17. The van der Waals surface area contributed by atoms with Gasteiger partial charge >= 0.3 is 0 Å². The largest absolute Gasteiger partial charge is 0.507 e. The predicted octanol–water partition coefficient (Wildman–Crippen LogP) is 2.79. The minimum absolute atomic E-state index is 0.102. The molecule has 0 amide bonds. The molecule has 1 aromatic heterocycles. The lowest BCUT2D eigenvalue weighted by atomic mass is 10.1. The third-order valence-corrected chi connectivity index (χ3v) is 3.37. The van der Waals surface area contributed by atoms with Crippen molar-refractivity contribution in [2.24, 2.45) is 0 Å². The Morgan fingerprint density at radius 3 is 2.67 bits per heavy atom. The van der Waals surface area contributed by atoms with Crippen molar-refractivity contribution in [1.29, 1.82) is 0 Å². The Morgan fingerprint density at radius 2 is 1.95 bits per heavy atom. The van der Waals surface area contributed by atoms with E-state index in [0.29, 0.717) is 34.5 Å². The van der Waals surface area contributed by atoms with Crippen LogP contribution >= 0.6 is 0 Å². The first kappa shape index (κ1) is 13.3. The Hall–Kier alpha value is -2.69. The molecule has 3 aromatic rings. The average Bonchev–Trinajstić information content (AvgIpc) is 2.47. The quantitative estimate of drug-likeness (QED) is 0.726. The molecule has 1 heterocycles. The topological polar surface area (TPSA) is 71.6 Å². The van der Waals surface area contributed by atoms with Gasteiger partial charge in [0.05, 0.1) is 30.1 Å². The summed E-state index contributed by atoms with van der Waals surface area (Å²) < 4.78 is 10.5. The number of aromatic amines is 1. The fraction of sp³-hybridized carbons (Fsp3) is 0.188.